The van der Waals surface area contributed by atoms with E-state index in [4.69, 9.17) is 4.74 Å². The molecule has 1 aliphatic carbocycles. The maximum Gasteiger partial charge on any atom is 0.248 e. The molecule has 4 aliphatic rings. The molecule has 5 nitrogen and oxygen atoms in total. The number of carbonyl (C=O) groups is 2. The maximum atomic E-state index is 12.2. The minimum Gasteiger partial charge on any atom is -0.367 e. The average Bonchev–Trinajstić information content (AvgIpc) is 2.98. The second kappa shape index (κ2) is 5.96. The Hall–Kier alpha value is -0.750. The zero-order valence-electron chi connectivity index (χ0n) is 13.8. The van der Waals surface area contributed by atoms with E-state index in [-0.39, 0.29) is 23.4 Å². The first kappa shape index (κ1) is 15.8. The van der Waals surface area contributed by atoms with Crippen molar-refractivity contribution in [2.24, 2.45) is 11.8 Å². The van der Waals surface area contributed by atoms with E-state index in [1.54, 1.807) is 0 Å². The van der Waals surface area contributed by atoms with Gasteiger partial charge in [0.2, 0.25) is 11.8 Å². The van der Waals surface area contributed by atoms with Gasteiger partial charge in [0.25, 0.3) is 0 Å². The minimum atomic E-state index is 0.140. The SMILES string of the molecule is CC1CC1C(=O)N1CC2(CC(OCC(=O)N3CCCC3)CS2)C1. The Balaban J connectivity index is 1.20. The lowest BCUT2D eigenvalue weighted by atomic mass is 9.92. The topological polar surface area (TPSA) is 49.9 Å². The van der Waals surface area contributed by atoms with Gasteiger partial charge in [0, 0.05) is 37.8 Å². The van der Waals surface area contributed by atoms with Gasteiger partial charge in [-0.2, -0.15) is 0 Å². The van der Waals surface area contributed by atoms with Gasteiger partial charge in [0.05, 0.1) is 10.9 Å². The second-order valence-corrected chi connectivity index (χ2v) is 9.22. The summed E-state index contributed by atoms with van der Waals surface area (Å²) >= 11 is 1.93. The number of thioether (sulfide) groups is 1. The average molecular weight is 338 g/mol. The predicted molar refractivity (Wildman–Crippen MR) is 89.2 cm³/mol. The molecule has 3 unspecified atom stereocenters. The van der Waals surface area contributed by atoms with Crippen LogP contribution in [0.3, 0.4) is 0 Å². The van der Waals surface area contributed by atoms with Gasteiger partial charge in [0.15, 0.2) is 0 Å². The molecule has 3 heterocycles. The van der Waals surface area contributed by atoms with Crippen LogP contribution in [0.5, 0.6) is 0 Å². The molecule has 1 saturated carbocycles. The Morgan fingerprint density at radius 1 is 1.22 bits per heavy atom. The first-order valence-electron chi connectivity index (χ1n) is 8.88. The highest BCUT2D eigenvalue weighted by Crippen LogP contribution is 2.48. The molecule has 0 aromatic rings. The minimum absolute atomic E-state index is 0.140. The lowest BCUT2D eigenvalue weighted by molar-refractivity contribution is -0.139. The molecule has 2 amide bonds. The van der Waals surface area contributed by atoms with E-state index in [1.807, 2.05) is 21.6 Å². The number of hydrogen-bond donors (Lipinski definition) is 0. The summed E-state index contributed by atoms with van der Waals surface area (Å²) in [5.41, 5.74) is 0. The summed E-state index contributed by atoms with van der Waals surface area (Å²) < 4.78 is 6.07. The Kier molecular flexibility index (Phi) is 4.08. The van der Waals surface area contributed by atoms with E-state index < -0.39 is 0 Å². The van der Waals surface area contributed by atoms with Crippen LogP contribution in [-0.2, 0) is 14.3 Å². The summed E-state index contributed by atoms with van der Waals surface area (Å²) in [5.74, 6) is 2.33. The van der Waals surface area contributed by atoms with Crippen molar-refractivity contribution < 1.29 is 14.3 Å². The van der Waals surface area contributed by atoms with Crippen molar-refractivity contribution in [3.05, 3.63) is 0 Å². The number of hydrogen-bond acceptors (Lipinski definition) is 4. The molecule has 1 spiro atoms. The molecule has 0 bridgehead atoms. The summed E-state index contributed by atoms with van der Waals surface area (Å²) in [7, 11) is 0. The van der Waals surface area contributed by atoms with E-state index in [1.165, 1.54) is 0 Å². The molecule has 0 N–H and O–H groups in total. The monoisotopic (exact) mass is 338 g/mol. The molecule has 0 aromatic carbocycles. The Labute approximate surface area is 142 Å². The van der Waals surface area contributed by atoms with Crippen LogP contribution in [0.25, 0.3) is 0 Å². The van der Waals surface area contributed by atoms with Crippen molar-refractivity contribution in [2.75, 3.05) is 38.5 Å². The third kappa shape index (κ3) is 3.12. The predicted octanol–water partition coefficient (Wildman–Crippen LogP) is 1.37. The van der Waals surface area contributed by atoms with Gasteiger partial charge in [-0.1, -0.05) is 6.92 Å². The maximum absolute atomic E-state index is 12.2. The van der Waals surface area contributed by atoms with Crippen LogP contribution in [0.2, 0.25) is 0 Å². The van der Waals surface area contributed by atoms with E-state index in [9.17, 15) is 9.59 Å². The van der Waals surface area contributed by atoms with Gasteiger partial charge in [0.1, 0.15) is 6.61 Å². The van der Waals surface area contributed by atoms with E-state index >= 15 is 0 Å². The fraction of sp³-hybridized carbons (Fsp3) is 0.882. The number of nitrogens with zero attached hydrogens (tertiary/aromatic N) is 2. The van der Waals surface area contributed by atoms with Gasteiger partial charge >= 0.3 is 0 Å². The molecule has 4 rings (SSSR count). The Morgan fingerprint density at radius 2 is 1.91 bits per heavy atom. The Morgan fingerprint density at radius 3 is 2.57 bits per heavy atom. The molecule has 3 saturated heterocycles. The van der Waals surface area contributed by atoms with E-state index in [2.05, 4.69) is 6.92 Å². The van der Waals surface area contributed by atoms with Gasteiger partial charge < -0.3 is 14.5 Å². The van der Waals surface area contributed by atoms with Crippen molar-refractivity contribution in [1.82, 2.24) is 9.80 Å². The molecule has 3 atom stereocenters. The molecule has 3 aliphatic heterocycles. The van der Waals surface area contributed by atoms with Gasteiger partial charge in [-0.05, 0) is 31.6 Å². The molecular weight excluding hydrogens is 312 g/mol. The first-order chi connectivity index (χ1) is 11.1. The summed E-state index contributed by atoms with van der Waals surface area (Å²) in [4.78, 5) is 28.2. The van der Waals surface area contributed by atoms with Crippen LogP contribution in [0, 0.1) is 11.8 Å². The zero-order valence-corrected chi connectivity index (χ0v) is 14.6. The van der Waals surface area contributed by atoms with Crippen LogP contribution in [0.4, 0.5) is 0 Å². The largest absolute Gasteiger partial charge is 0.367 e. The molecule has 0 radical (unpaired) electrons. The van der Waals surface area contributed by atoms with Crippen molar-refractivity contribution in [2.45, 2.75) is 43.5 Å². The van der Waals surface area contributed by atoms with E-state index in [0.29, 0.717) is 17.7 Å². The van der Waals surface area contributed by atoms with Crippen LogP contribution < -0.4 is 0 Å². The van der Waals surface area contributed by atoms with Crippen LogP contribution >= 0.6 is 11.8 Å². The molecule has 0 aromatic heterocycles. The second-order valence-electron chi connectivity index (χ2n) is 7.73. The van der Waals surface area contributed by atoms with Crippen molar-refractivity contribution >= 4 is 23.6 Å². The van der Waals surface area contributed by atoms with Crippen LogP contribution in [0.15, 0.2) is 0 Å². The van der Waals surface area contributed by atoms with Crippen LogP contribution in [0.1, 0.15) is 32.6 Å². The fourth-order valence-corrected chi connectivity index (χ4v) is 5.63. The third-order valence-corrected chi connectivity index (χ3v) is 7.35. The zero-order chi connectivity index (χ0) is 16.0. The first-order valence-corrected chi connectivity index (χ1v) is 9.87. The summed E-state index contributed by atoms with van der Waals surface area (Å²) in [6.45, 7) is 5.91. The highest BCUT2D eigenvalue weighted by molar-refractivity contribution is 8.01. The quantitative estimate of drug-likeness (QED) is 0.777. The number of carbonyl (C=O) groups excluding carboxylic acids is 2. The standard InChI is InChI=1S/C17H26N2O3S/c1-12-6-14(12)16(21)19-10-17(11-19)7-13(9-23-17)22-8-15(20)18-4-2-3-5-18/h12-14H,2-11H2,1H3. The molecule has 4 fully saturated rings. The van der Waals surface area contributed by atoms with Gasteiger partial charge in [-0.3, -0.25) is 9.59 Å². The summed E-state index contributed by atoms with van der Waals surface area (Å²) in [6, 6.07) is 0. The highest BCUT2D eigenvalue weighted by atomic mass is 32.2. The fourth-order valence-electron chi connectivity index (χ4n) is 4.08. The lowest BCUT2D eigenvalue weighted by Gasteiger charge is -2.47. The number of rotatable bonds is 4. The van der Waals surface area contributed by atoms with Crippen molar-refractivity contribution in [1.29, 1.82) is 0 Å². The summed E-state index contributed by atoms with van der Waals surface area (Å²) in [5, 5.41) is 0. The molecule has 128 valence electrons. The normalized spacial score (nSPS) is 34.7. The number of ether oxygens (including phenoxy) is 1. The lowest BCUT2D eigenvalue weighted by Crippen LogP contribution is -2.61. The molecule has 23 heavy (non-hydrogen) atoms. The van der Waals surface area contributed by atoms with Gasteiger partial charge in [-0.15, -0.1) is 11.8 Å². The highest BCUT2D eigenvalue weighted by Gasteiger charge is 2.54. The van der Waals surface area contributed by atoms with Gasteiger partial charge in [-0.25, -0.2) is 0 Å². The van der Waals surface area contributed by atoms with Crippen molar-refractivity contribution in [3.8, 4) is 0 Å². The third-order valence-electron chi connectivity index (χ3n) is 5.77. The van der Waals surface area contributed by atoms with E-state index in [0.717, 1.165) is 57.6 Å². The van der Waals surface area contributed by atoms with Crippen molar-refractivity contribution in [3.63, 3.8) is 0 Å². The molecule has 6 heteroatoms. The summed E-state index contributed by atoms with van der Waals surface area (Å²) in [6.07, 6.45) is 4.47. The Bertz CT molecular complexity index is 500. The van der Waals surface area contributed by atoms with Crippen LogP contribution in [-0.4, -0.2) is 71.0 Å². The number of likely N-dealkylation sites (tertiary alicyclic amines) is 2. The number of amides is 2. The smallest absolute Gasteiger partial charge is 0.248 e. The molecular formula is C17H26N2O3S.